The number of para-hydroxylation sites is 1. The lowest BCUT2D eigenvalue weighted by atomic mass is 10.1. The molecule has 20 heavy (non-hydrogen) atoms. The van der Waals surface area contributed by atoms with Crippen LogP contribution in [0.5, 0.6) is 0 Å². The molecule has 0 saturated heterocycles. The van der Waals surface area contributed by atoms with E-state index in [0.29, 0.717) is 17.1 Å². The minimum absolute atomic E-state index is 0.413. The second kappa shape index (κ2) is 6.29. The lowest BCUT2D eigenvalue weighted by molar-refractivity contribution is 0.256. The van der Waals surface area contributed by atoms with Gasteiger partial charge in [-0.1, -0.05) is 24.3 Å². The number of allylic oxidation sites excluding steroid dienone is 1. The third-order valence-corrected chi connectivity index (χ3v) is 2.61. The summed E-state index contributed by atoms with van der Waals surface area (Å²) < 4.78 is 0. The molecule has 1 aromatic carbocycles. The fraction of sp³-hybridized carbons (Fsp3) is 0. The Balaban J connectivity index is 2.53. The lowest BCUT2D eigenvalue weighted by Crippen LogP contribution is -2.32. The van der Waals surface area contributed by atoms with Gasteiger partial charge < -0.3 is 5.73 Å². The normalized spacial score (nSPS) is 10.4. The summed E-state index contributed by atoms with van der Waals surface area (Å²) in [7, 11) is 0. The van der Waals surface area contributed by atoms with Crippen LogP contribution in [0.4, 0.5) is 16.3 Å². The van der Waals surface area contributed by atoms with Crippen LogP contribution in [0.25, 0.3) is 6.08 Å². The average molecular weight is 266 g/mol. The van der Waals surface area contributed by atoms with Gasteiger partial charge in [0, 0.05) is 6.20 Å². The molecule has 5 heteroatoms. The van der Waals surface area contributed by atoms with E-state index >= 15 is 0 Å². The van der Waals surface area contributed by atoms with E-state index in [2.05, 4.69) is 4.98 Å². The van der Waals surface area contributed by atoms with Crippen LogP contribution in [0.15, 0.2) is 54.7 Å². The lowest BCUT2D eigenvalue weighted by Gasteiger charge is -2.21. The molecule has 99 valence electrons. The van der Waals surface area contributed by atoms with E-state index in [1.165, 1.54) is 11.0 Å². The number of rotatable bonds is 4. The van der Waals surface area contributed by atoms with Crippen molar-refractivity contribution in [3.63, 3.8) is 0 Å². The number of anilines is 2. The number of pyridine rings is 1. The molecule has 1 radical (unpaired) electrons. The number of urea groups is 1. The highest BCUT2D eigenvalue weighted by atomic mass is 16.2. The molecular formula is C15H12N3O2. The average Bonchev–Trinajstić information content (AvgIpc) is 2.47. The van der Waals surface area contributed by atoms with Gasteiger partial charge >= 0.3 is 6.03 Å². The molecule has 1 heterocycles. The van der Waals surface area contributed by atoms with Crippen LogP contribution < -0.4 is 10.6 Å². The molecule has 2 N–H and O–H groups in total. The monoisotopic (exact) mass is 266 g/mol. The Kier molecular flexibility index (Phi) is 4.24. The Morgan fingerprint density at radius 2 is 1.95 bits per heavy atom. The van der Waals surface area contributed by atoms with Crippen LogP contribution in [0.2, 0.25) is 0 Å². The van der Waals surface area contributed by atoms with Gasteiger partial charge in [-0.25, -0.2) is 14.7 Å². The van der Waals surface area contributed by atoms with Crippen molar-refractivity contribution in [2.45, 2.75) is 0 Å². The summed E-state index contributed by atoms with van der Waals surface area (Å²) in [6.45, 7) is 0. The zero-order chi connectivity index (χ0) is 14.4. The number of primary amides is 1. The van der Waals surface area contributed by atoms with Gasteiger partial charge in [-0.3, -0.25) is 4.79 Å². The summed E-state index contributed by atoms with van der Waals surface area (Å²) in [6.07, 6.45) is 6.03. The van der Waals surface area contributed by atoms with Crippen LogP contribution in [0, 0.1) is 0 Å². The van der Waals surface area contributed by atoms with Gasteiger partial charge in [-0.2, -0.15) is 0 Å². The van der Waals surface area contributed by atoms with Gasteiger partial charge in [0.05, 0.1) is 5.69 Å². The highest BCUT2D eigenvalue weighted by Gasteiger charge is 2.17. The Morgan fingerprint density at radius 1 is 1.20 bits per heavy atom. The van der Waals surface area contributed by atoms with Gasteiger partial charge in [0.2, 0.25) is 6.29 Å². The van der Waals surface area contributed by atoms with Crippen LogP contribution in [0.3, 0.4) is 0 Å². The maximum atomic E-state index is 11.7. The van der Waals surface area contributed by atoms with Crippen LogP contribution >= 0.6 is 0 Å². The van der Waals surface area contributed by atoms with E-state index in [1.807, 2.05) is 0 Å². The number of nitrogens with two attached hydrogens (primary N) is 1. The Labute approximate surface area is 116 Å². The first-order valence-corrected chi connectivity index (χ1v) is 5.88. The van der Waals surface area contributed by atoms with Crippen LogP contribution in [0.1, 0.15) is 5.56 Å². The minimum Gasteiger partial charge on any atom is -0.351 e. The summed E-state index contributed by atoms with van der Waals surface area (Å²) in [5.41, 5.74) is 6.66. The molecule has 0 aliphatic heterocycles. The molecule has 0 aliphatic rings. The Hall–Kier alpha value is -2.95. The second-order valence-electron chi connectivity index (χ2n) is 3.87. The van der Waals surface area contributed by atoms with Gasteiger partial charge in [-0.05, 0) is 35.9 Å². The topological polar surface area (TPSA) is 76.3 Å². The first kappa shape index (κ1) is 13.5. The maximum Gasteiger partial charge on any atom is 0.325 e. The molecule has 0 bridgehead atoms. The zero-order valence-electron chi connectivity index (χ0n) is 10.6. The van der Waals surface area contributed by atoms with E-state index in [4.69, 9.17) is 5.73 Å². The zero-order valence-corrected chi connectivity index (χ0v) is 10.6. The molecule has 5 nitrogen and oxygen atoms in total. The van der Waals surface area contributed by atoms with Gasteiger partial charge in [0.25, 0.3) is 0 Å². The highest BCUT2D eigenvalue weighted by molar-refractivity contribution is 5.99. The van der Waals surface area contributed by atoms with E-state index in [-0.39, 0.29) is 0 Å². The van der Waals surface area contributed by atoms with Crippen molar-refractivity contribution < 1.29 is 9.59 Å². The number of carbonyl (C=O) groups excluding carboxylic acids is 2. The number of hydrogen-bond acceptors (Lipinski definition) is 3. The molecule has 2 amide bonds. The quantitative estimate of drug-likeness (QED) is 0.863. The fourth-order valence-corrected chi connectivity index (χ4v) is 1.80. The summed E-state index contributed by atoms with van der Waals surface area (Å²) in [4.78, 5) is 27.5. The van der Waals surface area contributed by atoms with Gasteiger partial charge in [0.1, 0.15) is 5.82 Å². The van der Waals surface area contributed by atoms with E-state index in [1.54, 1.807) is 61.0 Å². The first-order valence-electron chi connectivity index (χ1n) is 5.88. The molecule has 0 saturated carbocycles. The Bertz CT molecular complexity index is 639. The second-order valence-corrected chi connectivity index (χ2v) is 3.87. The predicted molar refractivity (Wildman–Crippen MR) is 77.1 cm³/mol. The largest absolute Gasteiger partial charge is 0.351 e. The van der Waals surface area contributed by atoms with Crippen molar-refractivity contribution in [2.24, 2.45) is 5.73 Å². The number of hydrogen-bond donors (Lipinski definition) is 1. The number of nitrogens with zero attached hydrogens (tertiary/aromatic N) is 2. The van der Waals surface area contributed by atoms with E-state index in [0.717, 1.165) is 0 Å². The van der Waals surface area contributed by atoms with Crippen molar-refractivity contribution in [1.29, 1.82) is 0 Å². The molecule has 0 fully saturated rings. The number of amides is 2. The molecule has 1 aromatic heterocycles. The van der Waals surface area contributed by atoms with Crippen molar-refractivity contribution >= 4 is 29.9 Å². The van der Waals surface area contributed by atoms with E-state index < -0.39 is 6.03 Å². The number of benzene rings is 1. The third kappa shape index (κ3) is 2.89. The molecule has 2 aromatic rings. The van der Waals surface area contributed by atoms with Gasteiger partial charge in [-0.15, -0.1) is 0 Å². The summed E-state index contributed by atoms with van der Waals surface area (Å²) in [5.74, 6) is 0.413. The molecule has 0 atom stereocenters. The summed E-state index contributed by atoms with van der Waals surface area (Å²) in [6, 6.07) is 11.6. The Morgan fingerprint density at radius 3 is 2.60 bits per heavy atom. The van der Waals surface area contributed by atoms with E-state index in [9.17, 15) is 9.59 Å². The molecular weight excluding hydrogens is 254 g/mol. The van der Waals surface area contributed by atoms with Crippen molar-refractivity contribution in [1.82, 2.24) is 4.98 Å². The molecule has 2 rings (SSSR count). The summed E-state index contributed by atoms with van der Waals surface area (Å²) >= 11 is 0. The molecule has 0 spiro atoms. The van der Waals surface area contributed by atoms with Crippen molar-refractivity contribution in [3.05, 3.63) is 60.3 Å². The first-order chi connectivity index (χ1) is 9.74. The minimum atomic E-state index is -0.653. The third-order valence-electron chi connectivity index (χ3n) is 2.61. The maximum absolute atomic E-state index is 11.7. The summed E-state index contributed by atoms with van der Waals surface area (Å²) in [5, 5.41) is 0. The fourth-order valence-electron chi connectivity index (χ4n) is 1.80. The molecule has 0 aliphatic carbocycles. The van der Waals surface area contributed by atoms with Crippen molar-refractivity contribution in [2.75, 3.05) is 4.90 Å². The number of aromatic nitrogens is 1. The number of carbonyl (C=O) groups is 1. The SMILES string of the molecule is NC(=O)N(c1ccccn1)c1ccccc1/C=C/[C]=O. The standard InChI is InChI=1S/C15H12N3O2/c16-15(20)18(14-9-3-4-10-17-14)13-8-2-1-6-12(13)7-5-11-19/h1-10H,(H2,16,20)/b7-5+. The van der Waals surface area contributed by atoms with Gasteiger partial charge in [0.15, 0.2) is 0 Å². The van der Waals surface area contributed by atoms with Crippen molar-refractivity contribution in [3.8, 4) is 0 Å². The molecule has 0 unspecified atom stereocenters. The van der Waals surface area contributed by atoms with Crippen LogP contribution in [-0.4, -0.2) is 17.3 Å². The highest BCUT2D eigenvalue weighted by Crippen LogP contribution is 2.27. The van der Waals surface area contributed by atoms with Crippen LogP contribution in [-0.2, 0) is 4.79 Å². The smallest absolute Gasteiger partial charge is 0.325 e. The predicted octanol–water partition coefficient (Wildman–Crippen LogP) is 2.42.